The van der Waals surface area contributed by atoms with E-state index >= 15 is 0 Å². The van der Waals surface area contributed by atoms with Crippen LogP contribution >= 0.6 is 0 Å². The van der Waals surface area contributed by atoms with Crippen LogP contribution in [0.25, 0.3) is 0 Å². The molecule has 0 aromatic heterocycles. The summed E-state index contributed by atoms with van der Waals surface area (Å²) in [6.07, 6.45) is 0. The van der Waals surface area contributed by atoms with Gasteiger partial charge in [0.15, 0.2) is 0 Å². The van der Waals surface area contributed by atoms with Crippen LogP contribution in [0.4, 0.5) is 0 Å². The van der Waals surface area contributed by atoms with Crippen molar-refractivity contribution in [3.05, 3.63) is 35.4 Å². The van der Waals surface area contributed by atoms with Gasteiger partial charge in [-0.25, -0.2) is 0 Å². The second-order valence-electron chi connectivity index (χ2n) is 4.32. The molecule has 0 radical (unpaired) electrons. The summed E-state index contributed by atoms with van der Waals surface area (Å²) in [4.78, 5) is 2.47. The van der Waals surface area contributed by atoms with Crippen molar-refractivity contribution in [2.24, 2.45) is 11.7 Å². The summed E-state index contributed by atoms with van der Waals surface area (Å²) in [5.74, 6) is 0.887. The van der Waals surface area contributed by atoms with Crippen LogP contribution in [-0.2, 0) is 13.1 Å². The Morgan fingerprint density at radius 2 is 1.79 bits per heavy atom. The third kappa shape index (κ3) is 2.14. The summed E-state index contributed by atoms with van der Waals surface area (Å²) >= 11 is 0. The highest BCUT2D eigenvalue weighted by atomic mass is 15.2. The lowest BCUT2D eigenvalue weighted by molar-refractivity contribution is 0.105. The second-order valence-corrected chi connectivity index (χ2v) is 4.32. The molecule has 76 valence electrons. The highest BCUT2D eigenvalue weighted by Crippen LogP contribution is 2.17. The Morgan fingerprint density at radius 1 is 1.21 bits per heavy atom. The highest BCUT2D eigenvalue weighted by molar-refractivity contribution is 5.22. The molecule has 2 rings (SSSR count). The lowest BCUT2D eigenvalue weighted by atomic mass is 10.0. The zero-order valence-electron chi connectivity index (χ0n) is 8.74. The Labute approximate surface area is 85.7 Å². The van der Waals surface area contributed by atoms with Crippen LogP contribution in [0.5, 0.6) is 0 Å². The van der Waals surface area contributed by atoms with Crippen LogP contribution in [0.2, 0.25) is 0 Å². The van der Waals surface area contributed by atoms with Crippen molar-refractivity contribution < 1.29 is 0 Å². The lowest BCUT2D eigenvalue weighted by Crippen LogP contribution is -2.44. The first kappa shape index (κ1) is 9.69. The number of nitrogens with zero attached hydrogens (tertiary/aromatic N) is 1. The zero-order chi connectivity index (χ0) is 9.97. The van der Waals surface area contributed by atoms with Crippen molar-refractivity contribution in [3.8, 4) is 0 Å². The molecule has 2 heteroatoms. The zero-order valence-corrected chi connectivity index (χ0v) is 8.74. The first-order valence-corrected chi connectivity index (χ1v) is 5.28. The van der Waals surface area contributed by atoms with Gasteiger partial charge < -0.3 is 5.73 Å². The SMILES string of the molecule is CC1CN(Cc2ccc(CN)cc2)C1. The number of rotatable bonds is 3. The van der Waals surface area contributed by atoms with Gasteiger partial charge in [0.1, 0.15) is 0 Å². The van der Waals surface area contributed by atoms with E-state index in [-0.39, 0.29) is 0 Å². The maximum atomic E-state index is 5.55. The van der Waals surface area contributed by atoms with Crippen molar-refractivity contribution in [2.45, 2.75) is 20.0 Å². The van der Waals surface area contributed by atoms with Gasteiger partial charge >= 0.3 is 0 Å². The van der Waals surface area contributed by atoms with Crippen LogP contribution in [0.1, 0.15) is 18.1 Å². The maximum absolute atomic E-state index is 5.55. The largest absolute Gasteiger partial charge is 0.326 e. The van der Waals surface area contributed by atoms with Gasteiger partial charge in [0.05, 0.1) is 0 Å². The van der Waals surface area contributed by atoms with E-state index < -0.39 is 0 Å². The number of nitrogens with two attached hydrogens (primary N) is 1. The number of hydrogen-bond acceptors (Lipinski definition) is 2. The topological polar surface area (TPSA) is 29.3 Å². The molecular weight excluding hydrogens is 172 g/mol. The van der Waals surface area contributed by atoms with Gasteiger partial charge in [0.25, 0.3) is 0 Å². The molecule has 2 N–H and O–H groups in total. The molecule has 2 nitrogen and oxygen atoms in total. The van der Waals surface area contributed by atoms with Crippen LogP contribution < -0.4 is 5.73 Å². The minimum Gasteiger partial charge on any atom is -0.326 e. The van der Waals surface area contributed by atoms with E-state index in [2.05, 4.69) is 36.1 Å². The molecular formula is C12H18N2. The van der Waals surface area contributed by atoms with Crippen molar-refractivity contribution in [3.63, 3.8) is 0 Å². The fourth-order valence-corrected chi connectivity index (χ4v) is 2.00. The van der Waals surface area contributed by atoms with Crippen LogP contribution in [0.3, 0.4) is 0 Å². The van der Waals surface area contributed by atoms with Crippen molar-refractivity contribution in [2.75, 3.05) is 13.1 Å². The first-order valence-electron chi connectivity index (χ1n) is 5.28. The van der Waals surface area contributed by atoms with Crippen LogP contribution in [-0.4, -0.2) is 18.0 Å². The molecule has 1 aromatic carbocycles. The summed E-state index contributed by atoms with van der Waals surface area (Å²) in [6.45, 7) is 6.53. The Bertz CT molecular complexity index is 286. The van der Waals surface area contributed by atoms with Gasteiger partial charge in [-0.2, -0.15) is 0 Å². The average molecular weight is 190 g/mol. The third-order valence-corrected chi connectivity index (χ3v) is 2.80. The standard InChI is InChI=1S/C12H18N2/c1-10-7-14(8-10)9-12-4-2-11(6-13)3-5-12/h2-5,10H,6-9,13H2,1H3. The molecule has 14 heavy (non-hydrogen) atoms. The summed E-state index contributed by atoms with van der Waals surface area (Å²) < 4.78 is 0. The molecule has 1 saturated heterocycles. The summed E-state index contributed by atoms with van der Waals surface area (Å²) in [5.41, 5.74) is 8.16. The van der Waals surface area contributed by atoms with Crippen molar-refractivity contribution in [1.82, 2.24) is 4.90 Å². The smallest absolute Gasteiger partial charge is 0.0233 e. The average Bonchev–Trinajstić information content (AvgIpc) is 2.17. The van der Waals surface area contributed by atoms with Gasteiger partial charge in [-0.05, 0) is 17.0 Å². The van der Waals surface area contributed by atoms with Gasteiger partial charge in [0.2, 0.25) is 0 Å². The third-order valence-electron chi connectivity index (χ3n) is 2.80. The molecule has 1 fully saturated rings. The molecule has 0 spiro atoms. The predicted octanol–water partition coefficient (Wildman–Crippen LogP) is 1.60. The van der Waals surface area contributed by atoms with Gasteiger partial charge in [-0.1, -0.05) is 31.2 Å². The van der Waals surface area contributed by atoms with E-state index in [1.807, 2.05) is 0 Å². The van der Waals surface area contributed by atoms with E-state index in [1.165, 1.54) is 24.2 Å². The first-order chi connectivity index (χ1) is 6.78. The van der Waals surface area contributed by atoms with E-state index in [0.717, 1.165) is 12.5 Å². The highest BCUT2D eigenvalue weighted by Gasteiger charge is 2.21. The molecule has 1 aliphatic rings. The summed E-state index contributed by atoms with van der Waals surface area (Å²) in [5, 5.41) is 0. The minimum absolute atomic E-state index is 0.640. The molecule has 0 bridgehead atoms. The van der Waals surface area contributed by atoms with Gasteiger partial charge in [-0.3, -0.25) is 4.90 Å². The molecule has 0 unspecified atom stereocenters. The van der Waals surface area contributed by atoms with Gasteiger partial charge in [0, 0.05) is 26.2 Å². The molecule has 0 saturated carbocycles. The van der Waals surface area contributed by atoms with E-state index in [1.54, 1.807) is 0 Å². The monoisotopic (exact) mass is 190 g/mol. The van der Waals surface area contributed by atoms with Crippen LogP contribution in [0.15, 0.2) is 24.3 Å². The maximum Gasteiger partial charge on any atom is 0.0233 e. The summed E-state index contributed by atoms with van der Waals surface area (Å²) in [7, 11) is 0. The predicted molar refractivity (Wildman–Crippen MR) is 58.8 cm³/mol. The van der Waals surface area contributed by atoms with Crippen LogP contribution in [0, 0.1) is 5.92 Å². The summed E-state index contributed by atoms with van der Waals surface area (Å²) in [6, 6.07) is 8.62. The van der Waals surface area contributed by atoms with Gasteiger partial charge in [-0.15, -0.1) is 0 Å². The minimum atomic E-state index is 0.640. The molecule has 1 aromatic rings. The Kier molecular flexibility index (Phi) is 2.85. The lowest BCUT2D eigenvalue weighted by Gasteiger charge is -2.37. The molecule has 0 atom stereocenters. The Hall–Kier alpha value is -0.860. The van der Waals surface area contributed by atoms with E-state index in [4.69, 9.17) is 5.73 Å². The second kappa shape index (κ2) is 4.11. The van der Waals surface area contributed by atoms with E-state index in [9.17, 15) is 0 Å². The number of hydrogen-bond donors (Lipinski definition) is 1. The molecule has 1 heterocycles. The molecule has 0 amide bonds. The Morgan fingerprint density at radius 3 is 2.29 bits per heavy atom. The Balaban J connectivity index is 1.90. The number of likely N-dealkylation sites (tertiary alicyclic amines) is 1. The quantitative estimate of drug-likeness (QED) is 0.784. The van der Waals surface area contributed by atoms with Crippen molar-refractivity contribution >= 4 is 0 Å². The van der Waals surface area contributed by atoms with E-state index in [0.29, 0.717) is 6.54 Å². The number of benzene rings is 1. The molecule has 1 aliphatic heterocycles. The van der Waals surface area contributed by atoms with Crippen molar-refractivity contribution in [1.29, 1.82) is 0 Å². The molecule has 0 aliphatic carbocycles. The normalized spacial score (nSPS) is 18.1. The fourth-order valence-electron chi connectivity index (χ4n) is 2.00. The fraction of sp³-hybridized carbons (Fsp3) is 0.500.